The van der Waals surface area contributed by atoms with Gasteiger partial charge in [-0.2, -0.15) is 9.67 Å². The average molecular weight is 401 g/mol. The SMILES string of the molecule is Cc1ccc(-c2nc(NCc3ccc(N(C)C)cc3)n(C(=O)c3ccco3)n2)cc1. The highest BCUT2D eigenvalue weighted by molar-refractivity contribution is 5.94. The van der Waals surface area contributed by atoms with Gasteiger partial charge < -0.3 is 14.6 Å². The topological polar surface area (TPSA) is 76.2 Å². The highest BCUT2D eigenvalue weighted by Gasteiger charge is 2.20. The first-order chi connectivity index (χ1) is 14.5. The van der Waals surface area contributed by atoms with Gasteiger partial charge in [0.05, 0.1) is 6.26 Å². The standard InChI is InChI=1S/C23H23N5O2/c1-16-6-10-18(11-7-16)21-25-23(28(26-21)22(29)20-5-4-14-30-20)24-15-17-8-12-19(13-9-17)27(2)3/h4-14H,15H2,1-3H3,(H,24,25,26). The van der Waals surface area contributed by atoms with Crippen molar-refractivity contribution in [2.24, 2.45) is 0 Å². The van der Waals surface area contributed by atoms with E-state index in [1.54, 1.807) is 12.1 Å². The van der Waals surface area contributed by atoms with E-state index in [1.165, 1.54) is 10.9 Å². The molecule has 7 nitrogen and oxygen atoms in total. The van der Waals surface area contributed by atoms with Crippen LogP contribution in [0.25, 0.3) is 11.4 Å². The number of hydrogen-bond donors (Lipinski definition) is 1. The van der Waals surface area contributed by atoms with Gasteiger partial charge in [0, 0.05) is 31.9 Å². The Balaban J connectivity index is 1.62. The number of benzene rings is 2. The molecule has 0 amide bonds. The summed E-state index contributed by atoms with van der Waals surface area (Å²) in [5.41, 5.74) is 4.17. The summed E-state index contributed by atoms with van der Waals surface area (Å²) in [7, 11) is 4.01. The lowest BCUT2D eigenvalue weighted by Gasteiger charge is -2.13. The quantitative estimate of drug-likeness (QED) is 0.521. The monoisotopic (exact) mass is 401 g/mol. The molecule has 1 N–H and O–H groups in total. The molecule has 4 rings (SSSR count). The van der Waals surface area contributed by atoms with Gasteiger partial charge in [-0.15, -0.1) is 5.10 Å². The average Bonchev–Trinajstić information content (AvgIpc) is 3.43. The molecule has 0 unspecified atom stereocenters. The van der Waals surface area contributed by atoms with Crippen LogP contribution >= 0.6 is 0 Å². The van der Waals surface area contributed by atoms with Crippen LogP contribution in [0.1, 0.15) is 21.7 Å². The Morgan fingerprint density at radius 1 is 1.07 bits per heavy atom. The third kappa shape index (κ3) is 4.10. The van der Waals surface area contributed by atoms with Crippen LogP contribution in [0.5, 0.6) is 0 Å². The number of nitrogens with zero attached hydrogens (tertiary/aromatic N) is 4. The Morgan fingerprint density at radius 3 is 2.43 bits per heavy atom. The van der Waals surface area contributed by atoms with Crippen molar-refractivity contribution in [1.82, 2.24) is 14.8 Å². The number of hydrogen-bond acceptors (Lipinski definition) is 6. The smallest absolute Gasteiger partial charge is 0.317 e. The van der Waals surface area contributed by atoms with Crippen LogP contribution in [0.15, 0.2) is 71.3 Å². The number of nitrogens with one attached hydrogen (secondary N) is 1. The van der Waals surface area contributed by atoms with Gasteiger partial charge in [0.2, 0.25) is 5.95 Å². The van der Waals surface area contributed by atoms with Crippen LogP contribution < -0.4 is 10.2 Å². The minimum atomic E-state index is -0.378. The second-order valence-electron chi connectivity index (χ2n) is 7.23. The molecule has 0 bridgehead atoms. The summed E-state index contributed by atoms with van der Waals surface area (Å²) in [6.45, 7) is 2.52. The third-order valence-electron chi connectivity index (χ3n) is 4.74. The van der Waals surface area contributed by atoms with Crippen molar-refractivity contribution in [3.63, 3.8) is 0 Å². The van der Waals surface area contributed by atoms with Gasteiger partial charge in [-0.25, -0.2) is 0 Å². The van der Waals surface area contributed by atoms with Gasteiger partial charge in [-0.05, 0) is 36.8 Å². The fourth-order valence-electron chi connectivity index (χ4n) is 2.99. The first kappa shape index (κ1) is 19.4. The van der Waals surface area contributed by atoms with Gasteiger partial charge in [0.15, 0.2) is 11.6 Å². The molecule has 2 aromatic heterocycles. The Labute approximate surface area is 175 Å². The van der Waals surface area contributed by atoms with Crippen LogP contribution in [-0.2, 0) is 6.54 Å². The summed E-state index contributed by atoms with van der Waals surface area (Å²) < 4.78 is 6.52. The van der Waals surface area contributed by atoms with Gasteiger partial charge in [0.1, 0.15) is 0 Å². The summed E-state index contributed by atoms with van der Waals surface area (Å²) in [6, 6.07) is 19.3. The van der Waals surface area contributed by atoms with Crippen LogP contribution in [-0.4, -0.2) is 34.8 Å². The number of carbonyl (C=O) groups excluding carboxylic acids is 1. The summed E-state index contributed by atoms with van der Waals surface area (Å²) in [5, 5.41) is 7.68. The minimum Gasteiger partial charge on any atom is -0.459 e. The highest BCUT2D eigenvalue weighted by atomic mass is 16.3. The molecule has 0 aliphatic carbocycles. The van der Waals surface area contributed by atoms with Crippen molar-refractivity contribution in [3.05, 3.63) is 83.8 Å². The first-order valence-electron chi connectivity index (χ1n) is 9.64. The molecule has 0 atom stereocenters. The zero-order chi connectivity index (χ0) is 21.1. The van der Waals surface area contributed by atoms with E-state index in [0.29, 0.717) is 18.3 Å². The molecule has 0 radical (unpaired) electrons. The number of aryl methyl sites for hydroxylation is 1. The van der Waals surface area contributed by atoms with Crippen molar-refractivity contribution in [2.75, 3.05) is 24.3 Å². The van der Waals surface area contributed by atoms with Crippen molar-refractivity contribution in [1.29, 1.82) is 0 Å². The second kappa shape index (κ2) is 8.24. The fourth-order valence-corrected chi connectivity index (χ4v) is 2.99. The molecule has 0 saturated carbocycles. The lowest BCUT2D eigenvalue weighted by molar-refractivity contribution is 0.0919. The Bertz CT molecular complexity index is 1130. The first-order valence-corrected chi connectivity index (χ1v) is 9.64. The number of carbonyl (C=O) groups is 1. The van der Waals surface area contributed by atoms with E-state index < -0.39 is 0 Å². The maximum absolute atomic E-state index is 12.9. The summed E-state index contributed by atoms with van der Waals surface area (Å²) in [4.78, 5) is 19.5. The maximum Gasteiger partial charge on any atom is 0.317 e. The van der Waals surface area contributed by atoms with E-state index >= 15 is 0 Å². The lowest BCUT2D eigenvalue weighted by Crippen LogP contribution is -2.17. The molecule has 4 aromatic rings. The van der Waals surface area contributed by atoms with E-state index in [0.717, 1.165) is 22.4 Å². The van der Waals surface area contributed by atoms with Crippen molar-refractivity contribution >= 4 is 17.5 Å². The summed E-state index contributed by atoms with van der Waals surface area (Å²) in [6.07, 6.45) is 1.46. The minimum absolute atomic E-state index is 0.203. The molecule has 2 aromatic carbocycles. The predicted molar refractivity (Wildman–Crippen MR) is 117 cm³/mol. The van der Waals surface area contributed by atoms with E-state index in [2.05, 4.69) is 15.4 Å². The van der Waals surface area contributed by atoms with Crippen LogP contribution in [0, 0.1) is 6.92 Å². The molecule has 0 aliphatic heterocycles. The maximum atomic E-state index is 12.9. The highest BCUT2D eigenvalue weighted by Crippen LogP contribution is 2.21. The molecule has 30 heavy (non-hydrogen) atoms. The largest absolute Gasteiger partial charge is 0.459 e. The molecule has 0 saturated heterocycles. The van der Waals surface area contributed by atoms with Gasteiger partial charge >= 0.3 is 5.91 Å². The van der Waals surface area contributed by atoms with Gasteiger partial charge in [-0.1, -0.05) is 42.0 Å². The number of aromatic nitrogens is 3. The number of anilines is 2. The molecular formula is C23H23N5O2. The van der Waals surface area contributed by atoms with Crippen molar-refractivity contribution in [3.8, 4) is 11.4 Å². The van der Waals surface area contributed by atoms with Gasteiger partial charge in [0.25, 0.3) is 0 Å². The molecule has 7 heteroatoms. The van der Waals surface area contributed by atoms with Crippen molar-refractivity contribution < 1.29 is 9.21 Å². The number of furan rings is 1. The molecule has 2 heterocycles. The second-order valence-corrected chi connectivity index (χ2v) is 7.23. The van der Waals surface area contributed by atoms with Gasteiger partial charge in [-0.3, -0.25) is 4.79 Å². The molecule has 0 aliphatic rings. The molecule has 0 fully saturated rings. The third-order valence-corrected chi connectivity index (χ3v) is 4.74. The number of rotatable bonds is 6. The van der Waals surface area contributed by atoms with E-state index in [9.17, 15) is 4.79 Å². The Morgan fingerprint density at radius 2 is 1.80 bits per heavy atom. The lowest BCUT2D eigenvalue weighted by atomic mass is 10.1. The molecular weight excluding hydrogens is 378 g/mol. The van der Waals surface area contributed by atoms with E-state index in [1.807, 2.05) is 74.4 Å². The summed E-state index contributed by atoms with van der Waals surface area (Å²) >= 11 is 0. The van der Waals surface area contributed by atoms with Crippen LogP contribution in [0.3, 0.4) is 0 Å². The normalized spacial score (nSPS) is 10.8. The predicted octanol–water partition coefficient (Wildman–Crippen LogP) is 4.21. The van der Waals surface area contributed by atoms with Crippen LogP contribution in [0.4, 0.5) is 11.6 Å². The molecule has 0 spiro atoms. The molecule has 152 valence electrons. The van der Waals surface area contributed by atoms with E-state index in [-0.39, 0.29) is 11.7 Å². The summed E-state index contributed by atoms with van der Waals surface area (Å²) in [5.74, 6) is 0.661. The van der Waals surface area contributed by atoms with E-state index in [4.69, 9.17) is 4.42 Å². The Kier molecular flexibility index (Phi) is 5.34. The fraction of sp³-hybridized carbons (Fsp3) is 0.174. The van der Waals surface area contributed by atoms with Crippen molar-refractivity contribution in [2.45, 2.75) is 13.5 Å². The zero-order valence-corrected chi connectivity index (χ0v) is 17.2. The zero-order valence-electron chi connectivity index (χ0n) is 17.2. The Hall–Kier alpha value is -3.87. The van der Waals surface area contributed by atoms with Crippen LogP contribution in [0.2, 0.25) is 0 Å².